The molecule has 130 valence electrons. The van der Waals surface area contributed by atoms with Crippen molar-refractivity contribution in [2.75, 3.05) is 6.61 Å². The number of hydrogen-bond donors (Lipinski definition) is 1. The Kier molecular flexibility index (Phi) is 5.22. The molecule has 1 N–H and O–H groups in total. The predicted molar refractivity (Wildman–Crippen MR) is 90.7 cm³/mol. The van der Waals surface area contributed by atoms with Crippen molar-refractivity contribution < 1.29 is 19.0 Å². The second-order valence-electron chi connectivity index (χ2n) is 7.17. The Morgan fingerprint density at radius 2 is 1.96 bits per heavy atom. The van der Waals surface area contributed by atoms with Gasteiger partial charge in [0.25, 0.3) is 0 Å². The smallest absolute Gasteiger partial charge is 0.303 e. The van der Waals surface area contributed by atoms with E-state index in [1.807, 2.05) is 0 Å². The number of carbonyl (C=O) groups is 1. The first-order valence-electron chi connectivity index (χ1n) is 8.90. The number of aryl methyl sites for hydroxylation is 1. The Hall–Kier alpha value is -1.84. The lowest BCUT2D eigenvalue weighted by atomic mass is 9.75. The molecule has 24 heavy (non-hydrogen) atoms. The molecule has 1 aromatic carbocycles. The maximum absolute atomic E-state index is 14.1. The van der Waals surface area contributed by atoms with Gasteiger partial charge in [0.15, 0.2) is 11.6 Å². The van der Waals surface area contributed by atoms with Gasteiger partial charge in [-0.2, -0.15) is 0 Å². The van der Waals surface area contributed by atoms with Crippen LogP contribution in [0.3, 0.4) is 0 Å². The Labute approximate surface area is 142 Å². The highest BCUT2D eigenvalue weighted by Gasteiger charge is 2.33. The van der Waals surface area contributed by atoms with Gasteiger partial charge in [-0.15, -0.1) is 0 Å². The Morgan fingerprint density at radius 3 is 2.67 bits per heavy atom. The molecule has 4 heteroatoms. The van der Waals surface area contributed by atoms with E-state index in [4.69, 9.17) is 9.84 Å². The molecule has 0 amide bonds. The van der Waals surface area contributed by atoms with Crippen LogP contribution >= 0.6 is 0 Å². The van der Waals surface area contributed by atoms with Crippen LogP contribution in [0.15, 0.2) is 29.8 Å². The highest BCUT2D eigenvalue weighted by molar-refractivity contribution is 5.67. The number of carboxylic acids is 1. The summed E-state index contributed by atoms with van der Waals surface area (Å²) in [4.78, 5) is 10.6. The minimum absolute atomic E-state index is 0.00854. The summed E-state index contributed by atoms with van der Waals surface area (Å²) in [5.41, 5.74) is 2.36. The third-order valence-corrected chi connectivity index (χ3v) is 5.32. The number of hydrogen-bond acceptors (Lipinski definition) is 2. The van der Waals surface area contributed by atoms with Gasteiger partial charge in [-0.1, -0.05) is 25.0 Å². The summed E-state index contributed by atoms with van der Waals surface area (Å²) in [5, 5.41) is 8.69. The van der Waals surface area contributed by atoms with Crippen LogP contribution in [0.1, 0.15) is 56.9 Å². The van der Waals surface area contributed by atoms with E-state index in [1.165, 1.54) is 50.2 Å². The van der Waals surface area contributed by atoms with Gasteiger partial charge in [-0.05, 0) is 67.2 Å². The third kappa shape index (κ3) is 4.16. The van der Waals surface area contributed by atoms with E-state index in [0.717, 1.165) is 6.42 Å². The van der Waals surface area contributed by atoms with Crippen LogP contribution in [-0.4, -0.2) is 17.7 Å². The molecule has 1 aromatic rings. The van der Waals surface area contributed by atoms with Crippen LogP contribution in [0.2, 0.25) is 0 Å². The second kappa shape index (κ2) is 7.37. The van der Waals surface area contributed by atoms with Crippen LogP contribution in [0, 0.1) is 11.2 Å². The first-order chi connectivity index (χ1) is 11.6. The molecular formula is C20H25FO3. The zero-order chi connectivity index (χ0) is 17.0. The summed E-state index contributed by atoms with van der Waals surface area (Å²) < 4.78 is 19.8. The summed E-state index contributed by atoms with van der Waals surface area (Å²) in [6.07, 6.45) is 11.5. The molecule has 0 heterocycles. The van der Waals surface area contributed by atoms with Crippen molar-refractivity contribution in [2.45, 2.75) is 57.8 Å². The van der Waals surface area contributed by atoms with Crippen LogP contribution < -0.4 is 4.74 Å². The zero-order valence-corrected chi connectivity index (χ0v) is 14.0. The second-order valence-corrected chi connectivity index (χ2v) is 7.17. The number of rotatable bonds is 6. The third-order valence-electron chi connectivity index (χ3n) is 5.32. The number of aliphatic carboxylic acids is 1. The minimum atomic E-state index is -0.874. The normalized spacial score (nSPS) is 19.3. The highest BCUT2D eigenvalue weighted by Crippen LogP contribution is 2.47. The van der Waals surface area contributed by atoms with Gasteiger partial charge in [-0.3, -0.25) is 4.79 Å². The molecule has 0 aromatic heterocycles. The van der Waals surface area contributed by atoms with E-state index >= 15 is 0 Å². The van der Waals surface area contributed by atoms with Crippen molar-refractivity contribution in [3.63, 3.8) is 0 Å². The van der Waals surface area contributed by atoms with Crippen LogP contribution in [0.4, 0.5) is 4.39 Å². The molecule has 0 aliphatic heterocycles. The molecule has 3 rings (SSSR count). The van der Waals surface area contributed by atoms with E-state index in [-0.39, 0.29) is 12.2 Å². The number of carboxylic acid groups (broad SMARTS) is 1. The number of allylic oxidation sites excluding steroid dienone is 1. The van der Waals surface area contributed by atoms with Gasteiger partial charge in [0.2, 0.25) is 0 Å². The quantitative estimate of drug-likeness (QED) is 0.754. The fourth-order valence-corrected chi connectivity index (χ4v) is 4.07. The van der Waals surface area contributed by atoms with Gasteiger partial charge < -0.3 is 9.84 Å². The fraction of sp³-hybridized carbons (Fsp3) is 0.550. The predicted octanol–water partition coefficient (Wildman–Crippen LogP) is 4.89. The molecule has 0 unspecified atom stereocenters. The van der Waals surface area contributed by atoms with Gasteiger partial charge in [0, 0.05) is 6.42 Å². The largest absolute Gasteiger partial charge is 0.486 e. The van der Waals surface area contributed by atoms with Gasteiger partial charge >= 0.3 is 5.97 Å². The maximum atomic E-state index is 14.1. The molecule has 0 atom stereocenters. The van der Waals surface area contributed by atoms with E-state index in [0.29, 0.717) is 24.0 Å². The van der Waals surface area contributed by atoms with Crippen molar-refractivity contribution in [3.05, 3.63) is 41.2 Å². The summed E-state index contributed by atoms with van der Waals surface area (Å²) in [7, 11) is 0. The standard InChI is InChI=1S/C20H25FO3/c21-17-12-15(6-8-19(22)23)5-7-18(17)24-14-16-4-3-11-20(13-16)9-1-2-10-20/h5,7,12-13H,1-4,6,8-11,14H2,(H,22,23). The molecular weight excluding hydrogens is 307 g/mol. The molecule has 2 aliphatic rings. The molecule has 0 saturated heterocycles. The minimum Gasteiger partial charge on any atom is -0.486 e. The molecule has 0 radical (unpaired) electrons. The Morgan fingerprint density at radius 1 is 1.21 bits per heavy atom. The van der Waals surface area contributed by atoms with Crippen molar-refractivity contribution >= 4 is 5.97 Å². The fourth-order valence-electron chi connectivity index (χ4n) is 4.07. The van der Waals surface area contributed by atoms with Crippen molar-refractivity contribution in [1.82, 2.24) is 0 Å². The van der Waals surface area contributed by atoms with E-state index in [1.54, 1.807) is 12.1 Å². The van der Waals surface area contributed by atoms with Gasteiger partial charge in [0.05, 0.1) is 0 Å². The Balaban J connectivity index is 1.60. The zero-order valence-electron chi connectivity index (χ0n) is 14.0. The molecule has 2 aliphatic carbocycles. The van der Waals surface area contributed by atoms with Crippen molar-refractivity contribution in [3.8, 4) is 5.75 Å². The van der Waals surface area contributed by atoms with Crippen LogP contribution in [0.5, 0.6) is 5.75 Å². The molecule has 1 saturated carbocycles. The average Bonchev–Trinajstić information content (AvgIpc) is 2.99. The monoisotopic (exact) mass is 332 g/mol. The summed E-state index contributed by atoms with van der Waals surface area (Å²) in [6.45, 7) is 0.452. The van der Waals surface area contributed by atoms with E-state index < -0.39 is 11.8 Å². The Bertz CT molecular complexity index is 630. The van der Waals surface area contributed by atoms with Crippen molar-refractivity contribution in [2.24, 2.45) is 5.41 Å². The van der Waals surface area contributed by atoms with Crippen LogP contribution in [0.25, 0.3) is 0 Å². The maximum Gasteiger partial charge on any atom is 0.303 e. The lowest BCUT2D eigenvalue weighted by Crippen LogP contribution is -2.19. The summed E-state index contributed by atoms with van der Waals surface area (Å²) in [6, 6.07) is 4.74. The van der Waals surface area contributed by atoms with E-state index in [9.17, 15) is 9.18 Å². The number of ether oxygens (including phenoxy) is 1. The lowest BCUT2D eigenvalue weighted by molar-refractivity contribution is -0.136. The summed E-state index contributed by atoms with van der Waals surface area (Å²) in [5.74, 6) is -1.04. The van der Waals surface area contributed by atoms with E-state index in [2.05, 4.69) is 6.08 Å². The molecule has 1 fully saturated rings. The number of benzene rings is 1. The summed E-state index contributed by atoms with van der Waals surface area (Å²) >= 11 is 0. The molecule has 1 spiro atoms. The van der Waals surface area contributed by atoms with Gasteiger partial charge in [-0.25, -0.2) is 4.39 Å². The SMILES string of the molecule is O=C(O)CCc1ccc(OCC2=CC3(CCCC3)CCC2)c(F)c1. The van der Waals surface area contributed by atoms with Crippen molar-refractivity contribution in [1.29, 1.82) is 0 Å². The first kappa shape index (κ1) is 17.0. The van der Waals surface area contributed by atoms with Gasteiger partial charge in [0.1, 0.15) is 6.61 Å². The topological polar surface area (TPSA) is 46.5 Å². The van der Waals surface area contributed by atoms with Crippen LogP contribution in [-0.2, 0) is 11.2 Å². The molecule has 0 bridgehead atoms. The number of halogens is 1. The highest BCUT2D eigenvalue weighted by atomic mass is 19.1. The lowest BCUT2D eigenvalue weighted by Gasteiger charge is -2.31. The first-order valence-corrected chi connectivity index (χ1v) is 8.90. The average molecular weight is 332 g/mol. The molecule has 3 nitrogen and oxygen atoms in total.